The first-order valence-electron chi connectivity index (χ1n) is 6.03. The zero-order valence-corrected chi connectivity index (χ0v) is 11.0. The van der Waals surface area contributed by atoms with Crippen molar-refractivity contribution >= 4 is 6.01 Å². The van der Waals surface area contributed by atoms with Gasteiger partial charge in [0.05, 0.1) is 18.7 Å². The van der Waals surface area contributed by atoms with Crippen molar-refractivity contribution in [3.8, 4) is 0 Å². The van der Waals surface area contributed by atoms with Crippen LogP contribution in [0, 0.1) is 0 Å². The second-order valence-electron chi connectivity index (χ2n) is 3.93. The Kier molecular flexibility index (Phi) is 5.93. The molecule has 0 aliphatic rings. The predicted molar refractivity (Wildman–Crippen MR) is 66.0 cm³/mol. The summed E-state index contributed by atoms with van der Waals surface area (Å²) in [5.41, 5.74) is 0. The van der Waals surface area contributed by atoms with Gasteiger partial charge in [0.25, 0.3) is 0 Å². The van der Waals surface area contributed by atoms with Gasteiger partial charge < -0.3 is 19.8 Å². The average Bonchev–Trinajstić information content (AvgIpc) is 2.77. The SMILES string of the molecule is CCNC(C)c1nnc(NC(CC)COC)o1. The molecule has 1 aromatic rings. The highest BCUT2D eigenvalue weighted by atomic mass is 16.5. The van der Waals surface area contributed by atoms with Crippen LogP contribution >= 0.6 is 0 Å². The number of anilines is 1. The number of ether oxygens (including phenoxy) is 1. The van der Waals surface area contributed by atoms with Crippen molar-refractivity contribution in [2.45, 2.75) is 39.3 Å². The average molecular weight is 242 g/mol. The molecule has 1 aromatic heterocycles. The van der Waals surface area contributed by atoms with E-state index in [0.29, 0.717) is 18.5 Å². The number of hydrogen-bond donors (Lipinski definition) is 2. The fraction of sp³-hybridized carbons (Fsp3) is 0.818. The molecule has 0 aliphatic heterocycles. The third-order valence-electron chi connectivity index (χ3n) is 2.51. The molecule has 0 saturated carbocycles. The second-order valence-corrected chi connectivity index (χ2v) is 3.93. The fourth-order valence-corrected chi connectivity index (χ4v) is 1.50. The first-order valence-corrected chi connectivity index (χ1v) is 6.03. The molecule has 0 saturated heterocycles. The lowest BCUT2D eigenvalue weighted by Crippen LogP contribution is -2.24. The minimum atomic E-state index is 0.0746. The van der Waals surface area contributed by atoms with Gasteiger partial charge in [0.15, 0.2) is 0 Å². The van der Waals surface area contributed by atoms with E-state index in [2.05, 4.69) is 27.8 Å². The summed E-state index contributed by atoms with van der Waals surface area (Å²) in [5.74, 6) is 0.599. The lowest BCUT2D eigenvalue weighted by molar-refractivity contribution is 0.183. The van der Waals surface area contributed by atoms with Crippen LogP contribution in [0.1, 0.15) is 39.1 Å². The van der Waals surface area contributed by atoms with Gasteiger partial charge in [-0.3, -0.25) is 0 Å². The van der Waals surface area contributed by atoms with E-state index in [1.165, 1.54) is 0 Å². The molecule has 6 heteroatoms. The van der Waals surface area contributed by atoms with Gasteiger partial charge in [0.2, 0.25) is 5.89 Å². The number of nitrogens with zero attached hydrogens (tertiary/aromatic N) is 2. The molecule has 0 fully saturated rings. The summed E-state index contributed by atoms with van der Waals surface area (Å²) < 4.78 is 10.6. The monoisotopic (exact) mass is 242 g/mol. The van der Waals surface area contributed by atoms with Crippen molar-refractivity contribution < 1.29 is 9.15 Å². The second kappa shape index (κ2) is 7.24. The Hall–Kier alpha value is -1.14. The normalized spacial score (nSPS) is 14.6. The lowest BCUT2D eigenvalue weighted by Gasteiger charge is -2.13. The van der Waals surface area contributed by atoms with Crippen LogP contribution < -0.4 is 10.6 Å². The predicted octanol–water partition coefficient (Wildman–Crippen LogP) is 1.58. The molecule has 0 aromatic carbocycles. The molecule has 6 nitrogen and oxygen atoms in total. The van der Waals surface area contributed by atoms with Crippen LogP contribution in [-0.4, -0.2) is 36.5 Å². The van der Waals surface area contributed by atoms with Gasteiger partial charge >= 0.3 is 6.01 Å². The van der Waals surface area contributed by atoms with Crippen molar-refractivity contribution in [3.05, 3.63) is 5.89 Å². The van der Waals surface area contributed by atoms with E-state index in [0.717, 1.165) is 13.0 Å². The van der Waals surface area contributed by atoms with Crippen LogP contribution in [0.3, 0.4) is 0 Å². The highest BCUT2D eigenvalue weighted by Crippen LogP contribution is 2.14. The van der Waals surface area contributed by atoms with Crippen molar-refractivity contribution in [2.24, 2.45) is 0 Å². The molecule has 0 aliphatic carbocycles. The summed E-state index contributed by atoms with van der Waals surface area (Å²) in [4.78, 5) is 0. The van der Waals surface area contributed by atoms with Gasteiger partial charge in [-0.15, -0.1) is 5.10 Å². The van der Waals surface area contributed by atoms with Crippen LogP contribution in [-0.2, 0) is 4.74 Å². The molecule has 2 N–H and O–H groups in total. The van der Waals surface area contributed by atoms with Crippen molar-refractivity contribution in [2.75, 3.05) is 25.6 Å². The zero-order valence-electron chi connectivity index (χ0n) is 11.0. The summed E-state index contributed by atoms with van der Waals surface area (Å²) in [6.45, 7) is 7.60. The maximum atomic E-state index is 5.53. The van der Waals surface area contributed by atoms with Crippen LogP contribution in [0.2, 0.25) is 0 Å². The van der Waals surface area contributed by atoms with E-state index in [-0.39, 0.29) is 12.1 Å². The fourth-order valence-electron chi connectivity index (χ4n) is 1.50. The number of methoxy groups -OCH3 is 1. The molecule has 2 atom stereocenters. The van der Waals surface area contributed by atoms with E-state index in [1.54, 1.807) is 7.11 Å². The van der Waals surface area contributed by atoms with Crippen LogP contribution in [0.25, 0.3) is 0 Å². The summed E-state index contributed by atoms with van der Waals surface area (Å²) in [5, 5.41) is 14.3. The molecular weight excluding hydrogens is 220 g/mol. The van der Waals surface area contributed by atoms with E-state index in [4.69, 9.17) is 9.15 Å². The topological polar surface area (TPSA) is 72.2 Å². The highest BCUT2D eigenvalue weighted by molar-refractivity contribution is 5.19. The maximum absolute atomic E-state index is 5.53. The Morgan fingerprint density at radius 3 is 2.71 bits per heavy atom. The summed E-state index contributed by atoms with van der Waals surface area (Å²) in [6.07, 6.45) is 0.939. The van der Waals surface area contributed by atoms with E-state index in [1.807, 2.05) is 13.8 Å². The molecular formula is C11H22N4O2. The first-order chi connectivity index (χ1) is 8.21. The van der Waals surface area contributed by atoms with Gasteiger partial charge in [-0.05, 0) is 19.9 Å². The molecule has 0 amide bonds. The highest BCUT2D eigenvalue weighted by Gasteiger charge is 2.14. The molecule has 0 spiro atoms. The van der Waals surface area contributed by atoms with Gasteiger partial charge in [0.1, 0.15) is 0 Å². The Bertz CT molecular complexity index is 316. The van der Waals surface area contributed by atoms with E-state index in [9.17, 15) is 0 Å². The summed E-state index contributed by atoms with van der Waals surface area (Å²) >= 11 is 0. The molecule has 2 unspecified atom stereocenters. The smallest absolute Gasteiger partial charge is 0.315 e. The Morgan fingerprint density at radius 1 is 1.35 bits per heavy atom. The molecule has 17 heavy (non-hydrogen) atoms. The quantitative estimate of drug-likeness (QED) is 0.721. The van der Waals surface area contributed by atoms with Gasteiger partial charge in [-0.1, -0.05) is 18.9 Å². The molecule has 1 rings (SSSR count). The Labute approximate surface area is 102 Å². The largest absolute Gasteiger partial charge is 0.406 e. The lowest BCUT2D eigenvalue weighted by atomic mass is 10.2. The number of aromatic nitrogens is 2. The standard InChI is InChI=1S/C11H22N4O2/c1-5-9(7-16-4)13-11-15-14-10(17-11)8(3)12-6-2/h8-9,12H,5-7H2,1-4H3,(H,13,15). The number of nitrogens with one attached hydrogen (secondary N) is 2. The minimum absolute atomic E-state index is 0.0746. The summed E-state index contributed by atoms with van der Waals surface area (Å²) in [6, 6.07) is 0.724. The van der Waals surface area contributed by atoms with E-state index < -0.39 is 0 Å². The third kappa shape index (κ3) is 4.32. The molecule has 0 bridgehead atoms. The first kappa shape index (κ1) is 13.9. The summed E-state index contributed by atoms with van der Waals surface area (Å²) in [7, 11) is 1.68. The zero-order chi connectivity index (χ0) is 12.7. The third-order valence-corrected chi connectivity index (χ3v) is 2.51. The van der Waals surface area contributed by atoms with Crippen molar-refractivity contribution in [1.29, 1.82) is 0 Å². The minimum Gasteiger partial charge on any atom is -0.406 e. The van der Waals surface area contributed by atoms with Gasteiger partial charge in [-0.25, -0.2) is 0 Å². The van der Waals surface area contributed by atoms with Crippen molar-refractivity contribution in [1.82, 2.24) is 15.5 Å². The molecule has 98 valence electrons. The van der Waals surface area contributed by atoms with E-state index >= 15 is 0 Å². The number of hydrogen-bond acceptors (Lipinski definition) is 6. The van der Waals surface area contributed by atoms with Crippen LogP contribution in [0.15, 0.2) is 4.42 Å². The molecule has 1 heterocycles. The molecule has 0 radical (unpaired) electrons. The van der Waals surface area contributed by atoms with Gasteiger partial charge in [-0.2, -0.15) is 0 Å². The Balaban J connectivity index is 2.55. The van der Waals surface area contributed by atoms with Gasteiger partial charge in [0, 0.05) is 7.11 Å². The van der Waals surface area contributed by atoms with Crippen LogP contribution in [0.4, 0.5) is 6.01 Å². The van der Waals surface area contributed by atoms with Crippen molar-refractivity contribution in [3.63, 3.8) is 0 Å². The van der Waals surface area contributed by atoms with Crippen LogP contribution in [0.5, 0.6) is 0 Å². The number of rotatable bonds is 8. The maximum Gasteiger partial charge on any atom is 0.315 e. The Morgan fingerprint density at radius 2 is 2.12 bits per heavy atom.